The topological polar surface area (TPSA) is 71.1 Å². The van der Waals surface area contributed by atoms with E-state index in [0.29, 0.717) is 0 Å². The molecule has 28 heavy (non-hydrogen) atoms. The van der Waals surface area contributed by atoms with Crippen LogP contribution in [0, 0.1) is 11.6 Å². The molecule has 8 heteroatoms. The maximum atomic E-state index is 14.6. The molecule has 1 aromatic carbocycles. The van der Waals surface area contributed by atoms with E-state index in [1.165, 1.54) is 6.20 Å². The number of rotatable bonds is 5. The summed E-state index contributed by atoms with van der Waals surface area (Å²) in [6.45, 7) is 0. The van der Waals surface area contributed by atoms with Crippen LogP contribution >= 0.6 is 0 Å². The van der Waals surface area contributed by atoms with E-state index in [1.807, 2.05) is 0 Å². The van der Waals surface area contributed by atoms with Crippen molar-refractivity contribution in [3.63, 3.8) is 0 Å². The maximum Gasteiger partial charge on any atom is 0.270 e. The van der Waals surface area contributed by atoms with Gasteiger partial charge >= 0.3 is 0 Å². The number of aromatic nitrogens is 1. The predicted octanol–water partition coefficient (Wildman–Crippen LogP) is 2.46. The molecule has 3 saturated carbocycles. The fourth-order valence-corrected chi connectivity index (χ4v) is 4.28. The van der Waals surface area contributed by atoms with Crippen LogP contribution in [-0.2, 0) is 11.2 Å². The average Bonchev–Trinajstić information content (AvgIpc) is 3.04. The van der Waals surface area contributed by atoms with E-state index in [1.54, 1.807) is 18.2 Å². The summed E-state index contributed by atoms with van der Waals surface area (Å²) in [5.74, 6) is -2.33. The molecule has 0 saturated heterocycles. The van der Waals surface area contributed by atoms with Gasteiger partial charge in [0.05, 0.1) is 18.0 Å². The van der Waals surface area contributed by atoms with Crippen molar-refractivity contribution >= 4 is 11.8 Å². The fourth-order valence-electron chi connectivity index (χ4n) is 4.28. The lowest BCUT2D eigenvalue weighted by atomic mass is 9.73. The van der Waals surface area contributed by atoms with Gasteiger partial charge in [0, 0.05) is 31.0 Å². The minimum Gasteiger partial charge on any atom is -0.351 e. The van der Waals surface area contributed by atoms with Crippen LogP contribution in [0.3, 0.4) is 0 Å². The molecule has 1 unspecified atom stereocenters. The molecule has 0 spiro atoms. The summed E-state index contributed by atoms with van der Waals surface area (Å²) in [4.78, 5) is 28.8. The third-order valence-corrected chi connectivity index (χ3v) is 5.46. The number of fused-ring (bicyclic) bond motifs is 1. The van der Waals surface area contributed by atoms with Crippen LogP contribution < -0.4 is 10.6 Å². The number of amides is 2. The first-order valence-electron chi connectivity index (χ1n) is 8.94. The van der Waals surface area contributed by atoms with E-state index >= 15 is 0 Å². The second-order valence-corrected chi connectivity index (χ2v) is 7.57. The summed E-state index contributed by atoms with van der Waals surface area (Å²) < 4.78 is 41.6. The molecular weight excluding hydrogens is 371 g/mol. The number of pyridine rings is 1. The number of alkyl halides is 1. The van der Waals surface area contributed by atoms with Gasteiger partial charge in [-0.25, -0.2) is 13.2 Å². The molecule has 2 N–H and O–H groups in total. The number of halogens is 3. The Kier molecular flexibility index (Phi) is 4.36. The first-order chi connectivity index (χ1) is 13.3. The van der Waals surface area contributed by atoms with E-state index in [4.69, 9.17) is 0 Å². The lowest BCUT2D eigenvalue weighted by molar-refractivity contribution is -0.121. The van der Waals surface area contributed by atoms with Crippen molar-refractivity contribution in [2.24, 2.45) is 0 Å². The van der Waals surface area contributed by atoms with Crippen molar-refractivity contribution in [2.45, 2.75) is 42.9 Å². The standard InChI is InChI=1S/C20H18F3N3O2/c21-13-4-5-14(22)12(7-13)8-17(27)25-16-9-19(23)10-20(16,11-19)26-18(28)15-3-1-2-6-24-15/h1-7,16H,8-11H2,(H,25,27)(H,26,28). The maximum absolute atomic E-state index is 14.6. The van der Waals surface area contributed by atoms with Gasteiger partial charge < -0.3 is 10.6 Å². The van der Waals surface area contributed by atoms with Crippen LogP contribution in [0.25, 0.3) is 0 Å². The van der Waals surface area contributed by atoms with E-state index in [-0.39, 0.29) is 36.9 Å². The van der Waals surface area contributed by atoms with Gasteiger partial charge in [0.1, 0.15) is 23.0 Å². The summed E-state index contributed by atoms with van der Waals surface area (Å²) in [6, 6.07) is 7.14. The van der Waals surface area contributed by atoms with Crippen LogP contribution in [0.15, 0.2) is 42.6 Å². The molecule has 3 fully saturated rings. The Labute approximate surface area is 159 Å². The molecule has 5 rings (SSSR count). The van der Waals surface area contributed by atoms with Gasteiger partial charge in [-0.2, -0.15) is 0 Å². The Morgan fingerprint density at radius 3 is 2.68 bits per heavy atom. The summed E-state index contributed by atoms with van der Waals surface area (Å²) >= 11 is 0. The van der Waals surface area contributed by atoms with Crippen molar-refractivity contribution in [3.05, 3.63) is 65.5 Å². The number of nitrogens with one attached hydrogen (secondary N) is 2. The predicted molar refractivity (Wildman–Crippen MR) is 94.1 cm³/mol. The summed E-state index contributed by atoms with van der Waals surface area (Å²) in [5, 5.41) is 5.50. The van der Waals surface area contributed by atoms with Gasteiger partial charge in [-0.3, -0.25) is 14.6 Å². The van der Waals surface area contributed by atoms with E-state index in [2.05, 4.69) is 15.6 Å². The second kappa shape index (κ2) is 6.61. The summed E-state index contributed by atoms with van der Waals surface area (Å²) in [7, 11) is 0. The highest BCUT2D eigenvalue weighted by atomic mass is 19.1. The van der Waals surface area contributed by atoms with Crippen molar-refractivity contribution in [3.8, 4) is 0 Å². The minimum atomic E-state index is -1.44. The zero-order chi connectivity index (χ0) is 19.9. The Morgan fingerprint density at radius 2 is 1.96 bits per heavy atom. The summed E-state index contributed by atoms with van der Waals surface area (Å²) in [6.07, 6.45) is 1.36. The molecule has 2 bridgehead atoms. The SMILES string of the molecule is O=C(Cc1cc(F)ccc1F)NC1CC2(F)CC1(NC(=O)c1ccccn1)C2. The largest absolute Gasteiger partial charge is 0.351 e. The fraction of sp³-hybridized carbons (Fsp3) is 0.350. The van der Waals surface area contributed by atoms with Crippen LogP contribution in [0.5, 0.6) is 0 Å². The highest BCUT2D eigenvalue weighted by Gasteiger charge is 2.68. The molecular formula is C20H18F3N3O2. The zero-order valence-electron chi connectivity index (χ0n) is 14.8. The smallest absolute Gasteiger partial charge is 0.270 e. The molecule has 146 valence electrons. The van der Waals surface area contributed by atoms with Gasteiger partial charge in [-0.15, -0.1) is 0 Å². The van der Waals surface area contributed by atoms with Crippen LogP contribution in [0.2, 0.25) is 0 Å². The first-order valence-corrected chi connectivity index (χ1v) is 8.94. The lowest BCUT2D eigenvalue weighted by Gasteiger charge is -2.44. The Morgan fingerprint density at radius 1 is 1.18 bits per heavy atom. The first kappa shape index (κ1) is 18.5. The monoisotopic (exact) mass is 389 g/mol. The van der Waals surface area contributed by atoms with Crippen molar-refractivity contribution in [1.29, 1.82) is 0 Å². The molecule has 3 aliphatic carbocycles. The molecule has 3 aliphatic rings. The van der Waals surface area contributed by atoms with Gasteiger partial charge in [0.2, 0.25) is 5.91 Å². The molecule has 2 amide bonds. The van der Waals surface area contributed by atoms with Crippen LogP contribution in [0.1, 0.15) is 35.3 Å². The number of carbonyl (C=O) groups excluding carboxylic acids is 2. The molecule has 0 aliphatic heterocycles. The number of carbonyl (C=O) groups is 2. The minimum absolute atomic E-state index is 0.0624. The number of hydrogen-bond acceptors (Lipinski definition) is 3. The molecule has 0 radical (unpaired) electrons. The van der Waals surface area contributed by atoms with E-state index in [0.717, 1.165) is 18.2 Å². The quantitative estimate of drug-likeness (QED) is 0.825. The van der Waals surface area contributed by atoms with Gasteiger partial charge in [0.25, 0.3) is 5.91 Å². The van der Waals surface area contributed by atoms with Gasteiger partial charge in [-0.1, -0.05) is 6.07 Å². The molecule has 1 aromatic heterocycles. The highest BCUT2D eigenvalue weighted by molar-refractivity contribution is 5.93. The molecule has 1 heterocycles. The number of nitrogens with zero attached hydrogens (tertiary/aromatic N) is 1. The number of benzene rings is 1. The lowest BCUT2D eigenvalue weighted by Crippen LogP contribution is -2.64. The molecule has 1 atom stereocenters. The third-order valence-electron chi connectivity index (χ3n) is 5.46. The van der Waals surface area contributed by atoms with Crippen molar-refractivity contribution < 1.29 is 22.8 Å². The molecule has 5 nitrogen and oxygen atoms in total. The van der Waals surface area contributed by atoms with Crippen LogP contribution in [0.4, 0.5) is 13.2 Å². The Hall–Kier alpha value is -2.90. The van der Waals surface area contributed by atoms with Gasteiger partial charge in [-0.05, 0) is 30.3 Å². The normalized spacial score (nSPS) is 27.8. The Balaban J connectivity index is 1.45. The molecule has 2 aromatic rings. The Bertz CT molecular complexity index is 930. The zero-order valence-corrected chi connectivity index (χ0v) is 14.8. The van der Waals surface area contributed by atoms with E-state index in [9.17, 15) is 22.8 Å². The summed E-state index contributed by atoms with van der Waals surface area (Å²) in [5.41, 5.74) is -2.23. The van der Waals surface area contributed by atoms with Gasteiger partial charge in [0.15, 0.2) is 0 Å². The number of hydrogen-bond donors (Lipinski definition) is 2. The average molecular weight is 389 g/mol. The second-order valence-electron chi connectivity index (χ2n) is 7.57. The highest BCUT2D eigenvalue weighted by Crippen LogP contribution is 2.57. The van der Waals surface area contributed by atoms with Crippen molar-refractivity contribution in [1.82, 2.24) is 15.6 Å². The van der Waals surface area contributed by atoms with E-state index < -0.39 is 40.7 Å². The third kappa shape index (κ3) is 3.34. The van der Waals surface area contributed by atoms with Crippen molar-refractivity contribution in [2.75, 3.05) is 0 Å². The van der Waals surface area contributed by atoms with Crippen LogP contribution in [-0.4, -0.2) is 34.0 Å².